The van der Waals surface area contributed by atoms with Crippen molar-refractivity contribution in [1.82, 2.24) is 24.7 Å². The number of rotatable bonds is 5. The van der Waals surface area contributed by atoms with Crippen molar-refractivity contribution in [3.63, 3.8) is 0 Å². The molecule has 1 aromatic heterocycles. The highest BCUT2D eigenvalue weighted by atomic mass is 32.2. The zero-order chi connectivity index (χ0) is 21.3. The molecule has 0 radical (unpaired) electrons. The number of aryl methyl sites for hydroxylation is 1. The lowest BCUT2D eigenvalue weighted by Gasteiger charge is -2.31. The molecule has 1 aliphatic rings. The number of carbonyl (C=O) groups excluding carboxylic acids is 2. The van der Waals surface area contributed by atoms with E-state index < -0.39 is 10.0 Å². The number of hydrogen-bond acceptors (Lipinski definition) is 5. The van der Waals surface area contributed by atoms with Gasteiger partial charge in [-0.3, -0.25) is 14.3 Å². The first kappa shape index (κ1) is 22.4. The molecule has 2 heterocycles. The zero-order valence-electron chi connectivity index (χ0n) is 17.5. The van der Waals surface area contributed by atoms with Gasteiger partial charge in [-0.1, -0.05) is 0 Å². The van der Waals surface area contributed by atoms with E-state index in [0.717, 1.165) is 0 Å². The summed E-state index contributed by atoms with van der Waals surface area (Å²) in [5.41, 5.74) is 0.386. The smallest absolute Gasteiger partial charge is 0.246 e. The Labute approximate surface area is 166 Å². The average molecular weight is 414 g/mol. The van der Waals surface area contributed by atoms with E-state index in [9.17, 15) is 18.0 Å². The van der Waals surface area contributed by atoms with E-state index in [0.29, 0.717) is 30.8 Å². The lowest BCUT2D eigenvalue weighted by Crippen LogP contribution is -2.45. The van der Waals surface area contributed by atoms with Crippen LogP contribution in [0.25, 0.3) is 0 Å². The van der Waals surface area contributed by atoms with Crippen molar-refractivity contribution in [2.24, 2.45) is 5.92 Å². The van der Waals surface area contributed by atoms with Crippen LogP contribution in [0.3, 0.4) is 0 Å². The second-order valence-electron chi connectivity index (χ2n) is 8.27. The maximum Gasteiger partial charge on any atom is 0.246 e. The van der Waals surface area contributed by atoms with Gasteiger partial charge in [0.1, 0.15) is 11.4 Å². The summed E-state index contributed by atoms with van der Waals surface area (Å²) in [4.78, 5) is 24.3. The highest BCUT2D eigenvalue weighted by molar-refractivity contribution is 7.89. The minimum absolute atomic E-state index is 0.0552. The predicted octanol–water partition coefficient (Wildman–Crippen LogP) is 0.561. The number of hydrogen-bond donors (Lipinski definition) is 2. The first-order valence-corrected chi connectivity index (χ1v) is 10.9. The van der Waals surface area contributed by atoms with Crippen LogP contribution in [0.2, 0.25) is 0 Å². The summed E-state index contributed by atoms with van der Waals surface area (Å²) >= 11 is 0. The molecule has 0 spiro atoms. The molecule has 2 amide bonds. The maximum atomic E-state index is 13.3. The van der Waals surface area contributed by atoms with Gasteiger partial charge >= 0.3 is 0 Å². The third kappa shape index (κ3) is 4.91. The van der Waals surface area contributed by atoms with E-state index in [1.165, 1.54) is 8.99 Å². The molecule has 1 aromatic rings. The van der Waals surface area contributed by atoms with Crippen LogP contribution in [0.15, 0.2) is 4.90 Å². The topological polar surface area (TPSA) is 113 Å². The number of piperidine rings is 1. The lowest BCUT2D eigenvalue weighted by atomic mass is 9.99. The summed E-state index contributed by atoms with van der Waals surface area (Å²) < 4.78 is 29.3. The van der Waals surface area contributed by atoms with E-state index in [4.69, 9.17) is 0 Å². The van der Waals surface area contributed by atoms with Crippen LogP contribution in [-0.4, -0.2) is 60.0 Å². The molecule has 0 aromatic carbocycles. The Kier molecular flexibility index (Phi) is 6.55. The molecule has 1 fully saturated rings. The fourth-order valence-corrected chi connectivity index (χ4v) is 5.41. The van der Waals surface area contributed by atoms with Crippen LogP contribution in [0.4, 0.5) is 0 Å². The van der Waals surface area contributed by atoms with Gasteiger partial charge in [0, 0.05) is 25.7 Å². The summed E-state index contributed by atoms with van der Waals surface area (Å²) in [5, 5.41) is 9.72. The zero-order valence-corrected chi connectivity index (χ0v) is 18.3. The number of amides is 2. The fourth-order valence-electron chi connectivity index (χ4n) is 3.51. The standard InChI is InChI=1S/C18H31N5O4S/c1-12-16(13(2)23(21-12)11-15(24)20-18(3,4)5)28(26,27)22-9-7-8-14(10-22)17(25)19-6/h14H,7-11H2,1-6H3,(H,19,25)(H,20,24)/t14-/m0/s1. The Morgan fingerprint density at radius 2 is 1.89 bits per heavy atom. The Hall–Kier alpha value is -1.94. The Balaban J connectivity index is 2.28. The third-order valence-electron chi connectivity index (χ3n) is 4.72. The van der Waals surface area contributed by atoms with Crippen molar-refractivity contribution in [2.45, 2.75) is 64.4 Å². The molecule has 0 aliphatic carbocycles. The van der Waals surface area contributed by atoms with Gasteiger partial charge in [-0.25, -0.2) is 8.42 Å². The molecule has 2 rings (SSSR count). The van der Waals surface area contributed by atoms with E-state index in [2.05, 4.69) is 15.7 Å². The van der Waals surface area contributed by atoms with Gasteiger partial charge in [0.2, 0.25) is 21.8 Å². The molecule has 1 aliphatic heterocycles. The number of carbonyl (C=O) groups is 2. The number of nitrogens with zero attached hydrogens (tertiary/aromatic N) is 3. The Morgan fingerprint density at radius 1 is 1.25 bits per heavy atom. The van der Waals surface area contributed by atoms with Crippen molar-refractivity contribution in [2.75, 3.05) is 20.1 Å². The largest absolute Gasteiger partial charge is 0.359 e. The minimum Gasteiger partial charge on any atom is -0.359 e. The summed E-state index contributed by atoms with van der Waals surface area (Å²) in [6.45, 7) is 9.36. The van der Waals surface area contributed by atoms with Crippen LogP contribution in [0.5, 0.6) is 0 Å². The third-order valence-corrected chi connectivity index (χ3v) is 6.84. The number of aromatic nitrogens is 2. The molecule has 0 saturated carbocycles. The first-order valence-electron chi connectivity index (χ1n) is 9.43. The van der Waals surface area contributed by atoms with Gasteiger partial charge in [0.05, 0.1) is 17.3 Å². The Morgan fingerprint density at radius 3 is 2.46 bits per heavy atom. The highest BCUT2D eigenvalue weighted by Crippen LogP contribution is 2.28. The van der Waals surface area contributed by atoms with Crippen LogP contribution in [0, 0.1) is 19.8 Å². The molecule has 0 bridgehead atoms. The highest BCUT2D eigenvalue weighted by Gasteiger charge is 2.36. The van der Waals surface area contributed by atoms with Gasteiger partial charge in [-0.05, 0) is 47.5 Å². The molecule has 9 nitrogen and oxygen atoms in total. The second-order valence-corrected chi connectivity index (χ2v) is 10.1. The average Bonchev–Trinajstić information content (AvgIpc) is 2.86. The maximum absolute atomic E-state index is 13.3. The fraction of sp³-hybridized carbons (Fsp3) is 0.722. The van der Waals surface area contributed by atoms with Gasteiger partial charge in [-0.15, -0.1) is 0 Å². The normalized spacial score (nSPS) is 18.7. The molecule has 10 heteroatoms. The lowest BCUT2D eigenvalue weighted by molar-refractivity contribution is -0.125. The molecule has 1 saturated heterocycles. The van der Waals surface area contributed by atoms with Gasteiger partial charge < -0.3 is 10.6 Å². The van der Waals surface area contributed by atoms with E-state index in [-0.39, 0.29) is 41.3 Å². The monoisotopic (exact) mass is 413 g/mol. The molecular weight excluding hydrogens is 382 g/mol. The first-order chi connectivity index (χ1) is 12.9. The predicted molar refractivity (Wildman–Crippen MR) is 105 cm³/mol. The summed E-state index contributed by atoms with van der Waals surface area (Å²) in [6, 6.07) is 0. The van der Waals surface area contributed by atoms with Crippen molar-refractivity contribution < 1.29 is 18.0 Å². The second kappa shape index (κ2) is 8.20. The summed E-state index contributed by atoms with van der Waals surface area (Å²) in [6.07, 6.45) is 1.29. The molecule has 1 atom stereocenters. The van der Waals surface area contributed by atoms with Gasteiger partial charge in [-0.2, -0.15) is 9.40 Å². The van der Waals surface area contributed by atoms with Crippen LogP contribution < -0.4 is 10.6 Å². The van der Waals surface area contributed by atoms with Crippen molar-refractivity contribution in [1.29, 1.82) is 0 Å². The summed E-state index contributed by atoms with van der Waals surface area (Å²) in [7, 11) is -2.26. The van der Waals surface area contributed by atoms with Crippen LogP contribution >= 0.6 is 0 Å². The number of sulfonamides is 1. The minimum atomic E-state index is -3.81. The van der Waals surface area contributed by atoms with Crippen molar-refractivity contribution >= 4 is 21.8 Å². The van der Waals surface area contributed by atoms with E-state index >= 15 is 0 Å². The van der Waals surface area contributed by atoms with Crippen LogP contribution in [-0.2, 0) is 26.2 Å². The van der Waals surface area contributed by atoms with Crippen LogP contribution in [0.1, 0.15) is 45.0 Å². The molecule has 2 N–H and O–H groups in total. The Bertz CT molecular complexity index is 854. The number of nitrogens with one attached hydrogen (secondary N) is 2. The molecule has 0 unspecified atom stereocenters. The molecular formula is C18H31N5O4S. The van der Waals surface area contributed by atoms with E-state index in [1.807, 2.05) is 20.8 Å². The van der Waals surface area contributed by atoms with Gasteiger partial charge in [0.25, 0.3) is 0 Å². The quantitative estimate of drug-likeness (QED) is 0.732. The SMILES string of the molecule is CNC(=O)[C@H]1CCCN(S(=O)(=O)c2c(C)nn(CC(=O)NC(C)(C)C)c2C)C1. The van der Waals surface area contributed by atoms with Gasteiger partial charge in [0.15, 0.2) is 0 Å². The van der Waals surface area contributed by atoms with Crippen molar-refractivity contribution in [3.8, 4) is 0 Å². The van der Waals surface area contributed by atoms with E-state index in [1.54, 1.807) is 20.9 Å². The molecule has 158 valence electrons. The van der Waals surface area contributed by atoms with Crippen molar-refractivity contribution in [3.05, 3.63) is 11.4 Å². The summed E-state index contributed by atoms with van der Waals surface area (Å²) in [5.74, 6) is -0.746. The molecule has 28 heavy (non-hydrogen) atoms.